The number of rotatable bonds is 3. The number of ether oxygens (including phenoxy) is 1. The standard InChI is InChI=1S/C12H15N3O2/c1-15-11-9(3-2-6-13-11)17-10(12(15)16)7-14-8-4-5-8/h2-3,6,8,10,14H,4-5,7H2,1H3. The van der Waals surface area contributed by atoms with Gasteiger partial charge in [-0.15, -0.1) is 0 Å². The zero-order valence-electron chi connectivity index (χ0n) is 9.72. The first kappa shape index (κ1) is 10.5. The molecule has 1 aromatic heterocycles. The van der Waals surface area contributed by atoms with Gasteiger partial charge in [-0.3, -0.25) is 9.69 Å². The quantitative estimate of drug-likeness (QED) is 0.828. The molecule has 2 aliphatic rings. The predicted octanol–water partition coefficient (Wildman–Crippen LogP) is 0.557. The average Bonchev–Trinajstić information content (AvgIpc) is 3.16. The van der Waals surface area contributed by atoms with E-state index in [9.17, 15) is 4.79 Å². The van der Waals surface area contributed by atoms with Crippen LogP contribution in [0.5, 0.6) is 5.75 Å². The van der Waals surface area contributed by atoms with Crippen LogP contribution in [0.15, 0.2) is 18.3 Å². The Balaban J connectivity index is 1.77. The zero-order valence-corrected chi connectivity index (χ0v) is 9.72. The highest BCUT2D eigenvalue weighted by molar-refractivity contribution is 5.98. The number of amides is 1. The molecule has 0 spiro atoms. The maximum absolute atomic E-state index is 12.0. The van der Waals surface area contributed by atoms with E-state index in [1.807, 2.05) is 12.1 Å². The fourth-order valence-corrected chi connectivity index (χ4v) is 1.94. The Kier molecular flexibility index (Phi) is 2.48. The SMILES string of the molecule is CN1C(=O)C(CNC2CC2)Oc2cccnc21. The van der Waals surface area contributed by atoms with Crippen molar-refractivity contribution in [3.8, 4) is 5.75 Å². The molecule has 1 amide bonds. The molecule has 3 rings (SSSR count). The molecule has 0 bridgehead atoms. The van der Waals surface area contributed by atoms with Gasteiger partial charge in [-0.25, -0.2) is 4.98 Å². The van der Waals surface area contributed by atoms with Gasteiger partial charge in [-0.05, 0) is 25.0 Å². The lowest BCUT2D eigenvalue weighted by atomic mass is 10.2. The summed E-state index contributed by atoms with van der Waals surface area (Å²) in [5.74, 6) is 1.24. The molecular weight excluding hydrogens is 218 g/mol. The molecule has 1 fully saturated rings. The molecule has 2 heterocycles. The molecule has 0 saturated heterocycles. The molecular formula is C12H15N3O2. The summed E-state index contributed by atoms with van der Waals surface area (Å²) >= 11 is 0. The van der Waals surface area contributed by atoms with Crippen LogP contribution < -0.4 is 15.0 Å². The van der Waals surface area contributed by atoms with Crippen LogP contribution in [0.3, 0.4) is 0 Å². The lowest BCUT2D eigenvalue weighted by Gasteiger charge is -2.30. The summed E-state index contributed by atoms with van der Waals surface area (Å²) in [6, 6.07) is 4.23. The number of fused-ring (bicyclic) bond motifs is 1. The Labute approximate surface area is 99.8 Å². The zero-order chi connectivity index (χ0) is 11.8. The van der Waals surface area contributed by atoms with Gasteiger partial charge >= 0.3 is 0 Å². The number of nitrogens with zero attached hydrogens (tertiary/aromatic N) is 2. The number of nitrogens with one attached hydrogen (secondary N) is 1. The second-order valence-corrected chi connectivity index (χ2v) is 4.51. The van der Waals surface area contributed by atoms with Crippen LogP contribution in [-0.4, -0.2) is 36.6 Å². The van der Waals surface area contributed by atoms with Gasteiger partial charge in [0.2, 0.25) is 0 Å². The van der Waals surface area contributed by atoms with Crippen molar-refractivity contribution in [2.24, 2.45) is 0 Å². The third kappa shape index (κ3) is 1.98. The summed E-state index contributed by atoms with van der Waals surface area (Å²) in [6.07, 6.45) is 3.63. The van der Waals surface area contributed by atoms with E-state index in [2.05, 4.69) is 10.3 Å². The van der Waals surface area contributed by atoms with Crippen LogP contribution >= 0.6 is 0 Å². The fraction of sp³-hybridized carbons (Fsp3) is 0.500. The molecule has 1 saturated carbocycles. The number of hydrogen-bond donors (Lipinski definition) is 1. The van der Waals surface area contributed by atoms with E-state index in [1.165, 1.54) is 12.8 Å². The highest BCUT2D eigenvalue weighted by Crippen LogP contribution is 2.30. The molecule has 0 radical (unpaired) electrons. The third-order valence-electron chi connectivity index (χ3n) is 3.11. The lowest BCUT2D eigenvalue weighted by Crippen LogP contribution is -2.49. The highest BCUT2D eigenvalue weighted by Gasteiger charge is 2.34. The minimum absolute atomic E-state index is 0.0376. The number of anilines is 1. The summed E-state index contributed by atoms with van der Waals surface area (Å²) < 4.78 is 5.68. The molecule has 90 valence electrons. The number of carbonyl (C=O) groups is 1. The molecule has 5 heteroatoms. The van der Waals surface area contributed by atoms with Crippen molar-refractivity contribution in [1.29, 1.82) is 0 Å². The molecule has 1 N–H and O–H groups in total. The third-order valence-corrected chi connectivity index (χ3v) is 3.11. The van der Waals surface area contributed by atoms with Crippen molar-refractivity contribution in [3.05, 3.63) is 18.3 Å². The Morgan fingerprint density at radius 2 is 2.41 bits per heavy atom. The van der Waals surface area contributed by atoms with Gasteiger partial charge < -0.3 is 10.1 Å². The van der Waals surface area contributed by atoms with Gasteiger partial charge in [-0.1, -0.05) is 0 Å². The number of likely N-dealkylation sites (N-methyl/N-ethyl adjacent to an activating group) is 1. The summed E-state index contributed by atoms with van der Waals surface area (Å²) in [4.78, 5) is 17.8. The van der Waals surface area contributed by atoms with Crippen molar-refractivity contribution in [1.82, 2.24) is 10.3 Å². The molecule has 5 nitrogen and oxygen atoms in total. The Bertz CT molecular complexity index is 445. The van der Waals surface area contributed by atoms with E-state index < -0.39 is 6.10 Å². The molecule has 0 aromatic carbocycles. The topological polar surface area (TPSA) is 54.5 Å². The van der Waals surface area contributed by atoms with E-state index in [0.29, 0.717) is 24.2 Å². The van der Waals surface area contributed by atoms with Crippen LogP contribution in [0.25, 0.3) is 0 Å². The monoisotopic (exact) mass is 233 g/mol. The molecule has 1 unspecified atom stereocenters. The Morgan fingerprint density at radius 3 is 3.18 bits per heavy atom. The van der Waals surface area contributed by atoms with E-state index in [1.54, 1.807) is 18.1 Å². The second-order valence-electron chi connectivity index (χ2n) is 4.51. The number of aromatic nitrogens is 1. The van der Waals surface area contributed by atoms with Crippen LogP contribution in [0.2, 0.25) is 0 Å². The first-order valence-electron chi connectivity index (χ1n) is 5.88. The second kappa shape index (κ2) is 4.00. The highest BCUT2D eigenvalue weighted by atomic mass is 16.5. The number of carbonyl (C=O) groups excluding carboxylic acids is 1. The first-order valence-corrected chi connectivity index (χ1v) is 5.88. The summed E-state index contributed by atoms with van der Waals surface area (Å²) in [5.41, 5.74) is 0. The van der Waals surface area contributed by atoms with Crippen LogP contribution in [-0.2, 0) is 4.79 Å². The summed E-state index contributed by atoms with van der Waals surface area (Å²) in [6.45, 7) is 0.572. The van der Waals surface area contributed by atoms with Gasteiger partial charge in [0.25, 0.3) is 5.91 Å². The number of pyridine rings is 1. The molecule has 1 aliphatic heterocycles. The van der Waals surface area contributed by atoms with Crippen molar-refractivity contribution in [3.63, 3.8) is 0 Å². The van der Waals surface area contributed by atoms with Crippen LogP contribution in [0.4, 0.5) is 5.82 Å². The molecule has 17 heavy (non-hydrogen) atoms. The molecule has 1 aromatic rings. The predicted molar refractivity (Wildman–Crippen MR) is 63.1 cm³/mol. The average molecular weight is 233 g/mol. The van der Waals surface area contributed by atoms with Gasteiger partial charge in [0.05, 0.1) is 0 Å². The van der Waals surface area contributed by atoms with Crippen molar-refractivity contribution in [2.45, 2.75) is 25.0 Å². The van der Waals surface area contributed by atoms with E-state index in [0.717, 1.165) is 0 Å². The van der Waals surface area contributed by atoms with Crippen molar-refractivity contribution in [2.75, 3.05) is 18.5 Å². The maximum atomic E-state index is 12.0. The van der Waals surface area contributed by atoms with E-state index in [-0.39, 0.29) is 5.91 Å². The Morgan fingerprint density at radius 1 is 1.59 bits per heavy atom. The maximum Gasteiger partial charge on any atom is 0.270 e. The van der Waals surface area contributed by atoms with Gasteiger partial charge in [0.1, 0.15) is 0 Å². The van der Waals surface area contributed by atoms with Crippen molar-refractivity contribution < 1.29 is 9.53 Å². The van der Waals surface area contributed by atoms with E-state index in [4.69, 9.17) is 4.74 Å². The van der Waals surface area contributed by atoms with Crippen LogP contribution in [0.1, 0.15) is 12.8 Å². The van der Waals surface area contributed by atoms with Gasteiger partial charge in [-0.2, -0.15) is 0 Å². The fourth-order valence-electron chi connectivity index (χ4n) is 1.94. The van der Waals surface area contributed by atoms with E-state index >= 15 is 0 Å². The lowest BCUT2D eigenvalue weighted by molar-refractivity contribution is -0.125. The summed E-state index contributed by atoms with van der Waals surface area (Å²) in [5, 5.41) is 3.32. The first-order chi connectivity index (χ1) is 8.25. The van der Waals surface area contributed by atoms with Crippen molar-refractivity contribution >= 4 is 11.7 Å². The largest absolute Gasteiger partial charge is 0.475 e. The minimum Gasteiger partial charge on any atom is -0.475 e. The van der Waals surface area contributed by atoms with Gasteiger partial charge in [0, 0.05) is 25.8 Å². The summed E-state index contributed by atoms with van der Waals surface area (Å²) in [7, 11) is 1.74. The Hall–Kier alpha value is -1.62. The molecule has 1 aliphatic carbocycles. The normalized spacial score (nSPS) is 23.2. The minimum atomic E-state index is -0.433. The smallest absolute Gasteiger partial charge is 0.270 e. The number of hydrogen-bond acceptors (Lipinski definition) is 4. The molecule has 1 atom stereocenters. The van der Waals surface area contributed by atoms with Gasteiger partial charge in [0.15, 0.2) is 17.7 Å². The van der Waals surface area contributed by atoms with Crippen LogP contribution in [0, 0.1) is 0 Å².